The fourth-order valence-corrected chi connectivity index (χ4v) is 2.06. The maximum atomic E-state index is 12.0. The molecule has 20 heavy (non-hydrogen) atoms. The summed E-state index contributed by atoms with van der Waals surface area (Å²) in [5.74, 6) is 0.411. The summed E-state index contributed by atoms with van der Waals surface area (Å²) in [5.41, 5.74) is 0.951. The molecular weight excluding hydrogens is 256 g/mol. The number of ether oxygens (including phenoxy) is 1. The van der Waals surface area contributed by atoms with Crippen LogP contribution in [0.1, 0.15) is 0 Å². The van der Waals surface area contributed by atoms with Gasteiger partial charge in [0, 0.05) is 18.8 Å². The van der Waals surface area contributed by atoms with Crippen molar-refractivity contribution in [2.45, 2.75) is 6.04 Å². The van der Waals surface area contributed by atoms with Crippen LogP contribution in [-0.4, -0.2) is 41.5 Å². The van der Waals surface area contributed by atoms with Crippen LogP contribution in [0.2, 0.25) is 0 Å². The van der Waals surface area contributed by atoms with E-state index in [4.69, 9.17) is 4.74 Å². The maximum absolute atomic E-state index is 12.0. The number of carbonyl (C=O) groups is 1. The van der Waals surface area contributed by atoms with E-state index in [1.54, 1.807) is 10.7 Å². The lowest BCUT2D eigenvalue weighted by molar-refractivity contribution is -0.120. The van der Waals surface area contributed by atoms with Crippen LogP contribution in [0.3, 0.4) is 0 Å². The number of anilines is 1. The number of nitrogens with zero attached hydrogens (tertiary/aromatic N) is 2. The summed E-state index contributed by atoms with van der Waals surface area (Å²) < 4.78 is 6.99. The molecule has 0 aliphatic carbocycles. The predicted molar refractivity (Wildman–Crippen MR) is 74.8 cm³/mol. The normalized spacial score (nSPS) is 18.7. The summed E-state index contributed by atoms with van der Waals surface area (Å²) in [6, 6.07) is 11.2. The summed E-state index contributed by atoms with van der Waals surface area (Å²) in [4.78, 5) is 12.0. The van der Waals surface area contributed by atoms with E-state index in [0.717, 1.165) is 5.69 Å². The van der Waals surface area contributed by atoms with E-state index in [1.807, 2.05) is 36.5 Å². The van der Waals surface area contributed by atoms with Gasteiger partial charge in [-0.3, -0.25) is 4.79 Å². The molecule has 1 aromatic heterocycles. The van der Waals surface area contributed by atoms with Gasteiger partial charge < -0.3 is 15.4 Å². The molecule has 1 unspecified atom stereocenters. The predicted octanol–water partition coefficient (Wildman–Crippen LogP) is 0.799. The zero-order chi connectivity index (χ0) is 13.8. The summed E-state index contributed by atoms with van der Waals surface area (Å²) in [5, 5.41) is 10.2. The first-order chi connectivity index (χ1) is 9.83. The first kappa shape index (κ1) is 12.8. The summed E-state index contributed by atoms with van der Waals surface area (Å²) in [7, 11) is 0. The molecule has 1 fully saturated rings. The van der Waals surface area contributed by atoms with Crippen LogP contribution in [0.25, 0.3) is 5.69 Å². The Bertz CT molecular complexity index is 576. The lowest BCUT2D eigenvalue weighted by Gasteiger charge is -2.22. The average Bonchev–Trinajstić information content (AvgIpc) is 2.97. The van der Waals surface area contributed by atoms with Gasteiger partial charge in [0.15, 0.2) is 5.82 Å². The molecule has 6 nitrogen and oxygen atoms in total. The molecule has 2 aromatic rings. The first-order valence-corrected chi connectivity index (χ1v) is 6.56. The highest BCUT2D eigenvalue weighted by molar-refractivity contribution is 5.94. The second kappa shape index (κ2) is 5.85. The van der Waals surface area contributed by atoms with Crippen molar-refractivity contribution in [1.29, 1.82) is 0 Å². The molecule has 0 bridgehead atoms. The number of aromatic nitrogens is 2. The van der Waals surface area contributed by atoms with Crippen LogP contribution in [0, 0.1) is 0 Å². The van der Waals surface area contributed by atoms with Crippen molar-refractivity contribution >= 4 is 11.7 Å². The Morgan fingerprint density at radius 1 is 1.35 bits per heavy atom. The van der Waals surface area contributed by atoms with Crippen LogP contribution < -0.4 is 10.6 Å². The van der Waals surface area contributed by atoms with Crippen molar-refractivity contribution in [3.63, 3.8) is 0 Å². The van der Waals surface area contributed by atoms with Gasteiger partial charge in [0.05, 0.1) is 18.9 Å². The van der Waals surface area contributed by atoms with Gasteiger partial charge in [-0.1, -0.05) is 18.2 Å². The molecule has 3 rings (SSSR count). The van der Waals surface area contributed by atoms with Crippen molar-refractivity contribution in [2.24, 2.45) is 0 Å². The number of benzene rings is 1. The number of amides is 1. The molecule has 1 saturated heterocycles. The highest BCUT2D eigenvalue weighted by atomic mass is 16.5. The molecule has 2 heterocycles. The monoisotopic (exact) mass is 272 g/mol. The minimum atomic E-state index is -0.314. The van der Waals surface area contributed by atoms with E-state index >= 15 is 0 Å². The van der Waals surface area contributed by atoms with Crippen LogP contribution in [0.15, 0.2) is 42.6 Å². The van der Waals surface area contributed by atoms with Crippen LogP contribution >= 0.6 is 0 Å². The molecule has 0 spiro atoms. The Kier molecular flexibility index (Phi) is 3.76. The highest BCUT2D eigenvalue weighted by Crippen LogP contribution is 2.10. The Balaban J connectivity index is 1.66. The summed E-state index contributed by atoms with van der Waals surface area (Å²) >= 11 is 0. The minimum Gasteiger partial charge on any atom is -0.378 e. The lowest BCUT2D eigenvalue weighted by Crippen LogP contribution is -2.48. The SMILES string of the molecule is O=C(Nc1ccn(-c2ccccc2)n1)C1COCCN1. The molecule has 1 atom stereocenters. The van der Waals surface area contributed by atoms with Crippen molar-refractivity contribution in [3.05, 3.63) is 42.6 Å². The third-order valence-corrected chi connectivity index (χ3v) is 3.10. The molecule has 0 radical (unpaired) electrons. The summed E-state index contributed by atoms with van der Waals surface area (Å²) in [6.07, 6.45) is 1.82. The van der Waals surface area contributed by atoms with Crippen molar-refractivity contribution in [2.75, 3.05) is 25.1 Å². The van der Waals surface area contributed by atoms with Gasteiger partial charge in [0.25, 0.3) is 0 Å². The van der Waals surface area contributed by atoms with E-state index in [-0.39, 0.29) is 11.9 Å². The molecular formula is C14H16N4O2. The summed E-state index contributed by atoms with van der Waals surface area (Å²) in [6.45, 7) is 1.73. The van der Waals surface area contributed by atoms with Crippen LogP contribution in [-0.2, 0) is 9.53 Å². The fraction of sp³-hybridized carbons (Fsp3) is 0.286. The van der Waals surface area contributed by atoms with E-state index in [2.05, 4.69) is 15.7 Å². The van der Waals surface area contributed by atoms with Gasteiger partial charge in [0.1, 0.15) is 6.04 Å². The Morgan fingerprint density at radius 3 is 2.95 bits per heavy atom. The Morgan fingerprint density at radius 2 is 2.20 bits per heavy atom. The Labute approximate surface area is 116 Å². The second-order valence-corrected chi connectivity index (χ2v) is 4.55. The van der Waals surface area contributed by atoms with E-state index in [1.165, 1.54) is 0 Å². The zero-order valence-corrected chi connectivity index (χ0v) is 11.0. The molecule has 1 amide bonds. The standard InChI is InChI=1S/C14H16N4O2/c19-14(12-10-20-9-7-15-12)16-13-6-8-18(17-13)11-4-2-1-3-5-11/h1-6,8,12,15H,7,9-10H2,(H,16,17,19). The zero-order valence-electron chi connectivity index (χ0n) is 11.0. The van der Waals surface area contributed by atoms with Crippen molar-refractivity contribution < 1.29 is 9.53 Å². The molecule has 6 heteroatoms. The number of carbonyl (C=O) groups excluding carboxylic acids is 1. The van der Waals surface area contributed by atoms with Crippen LogP contribution in [0.5, 0.6) is 0 Å². The molecule has 1 aliphatic rings. The number of morpholine rings is 1. The van der Waals surface area contributed by atoms with Gasteiger partial charge >= 0.3 is 0 Å². The second-order valence-electron chi connectivity index (χ2n) is 4.55. The van der Waals surface area contributed by atoms with Crippen molar-refractivity contribution in [1.82, 2.24) is 15.1 Å². The third kappa shape index (κ3) is 2.87. The Hall–Kier alpha value is -2.18. The fourth-order valence-electron chi connectivity index (χ4n) is 2.06. The van der Waals surface area contributed by atoms with E-state index in [9.17, 15) is 4.79 Å². The van der Waals surface area contributed by atoms with Gasteiger partial charge in [-0.25, -0.2) is 4.68 Å². The number of hydrogen-bond acceptors (Lipinski definition) is 4. The van der Waals surface area contributed by atoms with E-state index in [0.29, 0.717) is 25.6 Å². The largest absolute Gasteiger partial charge is 0.378 e. The molecule has 1 aromatic carbocycles. The van der Waals surface area contributed by atoms with Gasteiger partial charge in [0.2, 0.25) is 5.91 Å². The quantitative estimate of drug-likeness (QED) is 0.867. The molecule has 0 saturated carbocycles. The van der Waals surface area contributed by atoms with Crippen molar-refractivity contribution in [3.8, 4) is 5.69 Å². The number of para-hydroxylation sites is 1. The van der Waals surface area contributed by atoms with Gasteiger partial charge in [-0.2, -0.15) is 5.10 Å². The number of rotatable bonds is 3. The average molecular weight is 272 g/mol. The maximum Gasteiger partial charge on any atom is 0.245 e. The molecule has 104 valence electrons. The molecule has 1 aliphatic heterocycles. The smallest absolute Gasteiger partial charge is 0.245 e. The lowest BCUT2D eigenvalue weighted by atomic mass is 10.2. The van der Waals surface area contributed by atoms with E-state index < -0.39 is 0 Å². The highest BCUT2D eigenvalue weighted by Gasteiger charge is 2.21. The number of hydrogen-bond donors (Lipinski definition) is 2. The van der Waals surface area contributed by atoms with Crippen LogP contribution in [0.4, 0.5) is 5.82 Å². The minimum absolute atomic E-state index is 0.122. The first-order valence-electron chi connectivity index (χ1n) is 6.56. The topological polar surface area (TPSA) is 68.2 Å². The third-order valence-electron chi connectivity index (χ3n) is 3.10. The molecule has 2 N–H and O–H groups in total. The van der Waals surface area contributed by atoms with Gasteiger partial charge in [-0.15, -0.1) is 0 Å². The number of nitrogens with one attached hydrogen (secondary N) is 2. The van der Waals surface area contributed by atoms with Gasteiger partial charge in [-0.05, 0) is 12.1 Å².